The SMILES string of the molecule is CNC(=O)CCNCCCCOC(C)C. The van der Waals surface area contributed by atoms with Crippen molar-refractivity contribution in [2.24, 2.45) is 0 Å². The van der Waals surface area contributed by atoms with Crippen molar-refractivity contribution in [3.63, 3.8) is 0 Å². The second kappa shape index (κ2) is 9.93. The molecule has 0 atom stereocenters. The van der Waals surface area contributed by atoms with Crippen molar-refractivity contribution in [1.82, 2.24) is 10.6 Å². The molecule has 0 radical (unpaired) electrons. The molecule has 0 rings (SSSR count). The first-order chi connectivity index (χ1) is 7.16. The van der Waals surface area contributed by atoms with Crippen LogP contribution in [0.4, 0.5) is 0 Å². The monoisotopic (exact) mass is 216 g/mol. The summed E-state index contributed by atoms with van der Waals surface area (Å²) in [4.78, 5) is 10.9. The van der Waals surface area contributed by atoms with Crippen LogP contribution in [0.25, 0.3) is 0 Å². The van der Waals surface area contributed by atoms with E-state index >= 15 is 0 Å². The Morgan fingerprint density at radius 2 is 2.00 bits per heavy atom. The summed E-state index contributed by atoms with van der Waals surface area (Å²) >= 11 is 0. The molecular formula is C11H24N2O2. The Bertz CT molecular complexity index is 161. The van der Waals surface area contributed by atoms with Crippen LogP contribution >= 0.6 is 0 Å². The van der Waals surface area contributed by atoms with Crippen LogP contribution < -0.4 is 10.6 Å². The van der Waals surface area contributed by atoms with Gasteiger partial charge >= 0.3 is 0 Å². The molecule has 0 bridgehead atoms. The van der Waals surface area contributed by atoms with E-state index < -0.39 is 0 Å². The predicted molar refractivity (Wildman–Crippen MR) is 61.9 cm³/mol. The van der Waals surface area contributed by atoms with E-state index in [0.717, 1.165) is 32.5 Å². The lowest BCUT2D eigenvalue weighted by atomic mass is 10.3. The minimum atomic E-state index is 0.0886. The third-order valence-corrected chi connectivity index (χ3v) is 2.01. The highest BCUT2D eigenvalue weighted by Gasteiger charge is 1.96. The van der Waals surface area contributed by atoms with Gasteiger partial charge in [-0.2, -0.15) is 0 Å². The van der Waals surface area contributed by atoms with Gasteiger partial charge in [0, 0.05) is 26.6 Å². The highest BCUT2D eigenvalue weighted by atomic mass is 16.5. The number of amides is 1. The Morgan fingerprint density at radius 1 is 1.27 bits per heavy atom. The predicted octanol–water partition coefficient (Wildman–Crippen LogP) is 0.917. The van der Waals surface area contributed by atoms with Crippen LogP contribution in [-0.4, -0.2) is 38.8 Å². The van der Waals surface area contributed by atoms with Crippen LogP contribution in [0.3, 0.4) is 0 Å². The molecule has 1 amide bonds. The van der Waals surface area contributed by atoms with Crippen LogP contribution in [0.15, 0.2) is 0 Å². The van der Waals surface area contributed by atoms with Gasteiger partial charge in [0.1, 0.15) is 0 Å². The summed E-state index contributed by atoms with van der Waals surface area (Å²) in [5.41, 5.74) is 0. The van der Waals surface area contributed by atoms with Gasteiger partial charge in [0.05, 0.1) is 6.10 Å². The molecule has 15 heavy (non-hydrogen) atoms. The summed E-state index contributed by atoms with van der Waals surface area (Å²) in [6.45, 7) is 6.63. The number of rotatable bonds is 9. The number of ether oxygens (including phenoxy) is 1. The quantitative estimate of drug-likeness (QED) is 0.563. The van der Waals surface area contributed by atoms with E-state index in [1.165, 1.54) is 0 Å². The lowest BCUT2D eigenvalue weighted by Crippen LogP contribution is -2.25. The smallest absolute Gasteiger partial charge is 0.221 e. The zero-order chi connectivity index (χ0) is 11.5. The molecule has 0 aliphatic heterocycles. The maximum absolute atomic E-state index is 10.9. The topological polar surface area (TPSA) is 50.4 Å². The van der Waals surface area contributed by atoms with E-state index in [4.69, 9.17) is 4.74 Å². The molecule has 0 saturated carbocycles. The van der Waals surface area contributed by atoms with E-state index in [-0.39, 0.29) is 5.91 Å². The molecule has 0 unspecified atom stereocenters. The second-order valence-corrected chi connectivity index (χ2v) is 3.80. The lowest BCUT2D eigenvalue weighted by Gasteiger charge is -2.07. The van der Waals surface area contributed by atoms with Crippen molar-refractivity contribution in [2.45, 2.75) is 39.2 Å². The van der Waals surface area contributed by atoms with Crippen LogP contribution in [-0.2, 0) is 9.53 Å². The van der Waals surface area contributed by atoms with Crippen molar-refractivity contribution < 1.29 is 9.53 Å². The van der Waals surface area contributed by atoms with Crippen molar-refractivity contribution in [3.8, 4) is 0 Å². The molecule has 0 aromatic rings. The molecule has 90 valence electrons. The summed E-state index contributed by atoms with van der Waals surface area (Å²) in [5.74, 6) is 0.0886. The number of hydrogen-bond acceptors (Lipinski definition) is 3. The molecule has 0 heterocycles. The molecule has 0 aliphatic rings. The maximum Gasteiger partial charge on any atom is 0.221 e. The van der Waals surface area contributed by atoms with Crippen LogP contribution in [0.1, 0.15) is 33.1 Å². The molecule has 0 aromatic carbocycles. The molecular weight excluding hydrogens is 192 g/mol. The largest absolute Gasteiger partial charge is 0.379 e. The zero-order valence-electron chi connectivity index (χ0n) is 10.1. The number of nitrogens with one attached hydrogen (secondary N) is 2. The molecule has 0 spiro atoms. The standard InChI is InChI=1S/C11H24N2O2/c1-10(2)15-9-5-4-7-13-8-6-11(14)12-3/h10,13H,4-9H2,1-3H3,(H,12,14). The van der Waals surface area contributed by atoms with E-state index in [1.54, 1.807) is 7.05 Å². The maximum atomic E-state index is 10.9. The number of unbranched alkanes of at least 4 members (excludes halogenated alkanes) is 1. The van der Waals surface area contributed by atoms with E-state index in [2.05, 4.69) is 10.6 Å². The Balaban J connectivity index is 3.02. The summed E-state index contributed by atoms with van der Waals surface area (Å²) < 4.78 is 5.41. The van der Waals surface area contributed by atoms with Crippen LogP contribution in [0.2, 0.25) is 0 Å². The zero-order valence-corrected chi connectivity index (χ0v) is 10.1. The Kier molecular flexibility index (Phi) is 9.52. The fourth-order valence-corrected chi connectivity index (χ4v) is 1.12. The first-order valence-electron chi connectivity index (χ1n) is 5.69. The molecule has 0 saturated heterocycles. The second-order valence-electron chi connectivity index (χ2n) is 3.80. The van der Waals surface area contributed by atoms with Gasteiger partial charge in [0.15, 0.2) is 0 Å². The fraction of sp³-hybridized carbons (Fsp3) is 0.909. The van der Waals surface area contributed by atoms with Crippen molar-refractivity contribution >= 4 is 5.91 Å². The van der Waals surface area contributed by atoms with Gasteiger partial charge in [-0.1, -0.05) is 0 Å². The van der Waals surface area contributed by atoms with Crippen molar-refractivity contribution in [3.05, 3.63) is 0 Å². The van der Waals surface area contributed by atoms with Crippen LogP contribution in [0.5, 0.6) is 0 Å². The summed E-state index contributed by atoms with van der Waals surface area (Å²) in [6, 6.07) is 0. The number of carbonyl (C=O) groups is 1. The third kappa shape index (κ3) is 11.3. The van der Waals surface area contributed by atoms with E-state index in [9.17, 15) is 4.79 Å². The first-order valence-corrected chi connectivity index (χ1v) is 5.69. The Morgan fingerprint density at radius 3 is 2.60 bits per heavy atom. The minimum Gasteiger partial charge on any atom is -0.379 e. The van der Waals surface area contributed by atoms with Gasteiger partial charge in [-0.05, 0) is 33.2 Å². The third-order valence-electron chi connectivity index (χ3n) is 2.01. The number of carbonyl (C=O) groups excluding carboxylic acids is 1. The van der Waals surface area contributed by atoms with Crippen molar-refractivity contribution in [2.75, 3.05) is 26.7 Å². The molecule has 0 fully saturated rings. The molecule has 4 heteroatoms. The van der Waals surface area contributed by atoms with E-state index in [1.807, 2.05) is 13.8 Å². The highest BCUT2D eigenvalue weighted by Crippen LogP contribution is 1.93. The minimum absolute atomic E-state index is 0.0886. The molecule has 0 aliphatic carbocycles. The lowest BCUT2D eigenvalue weighted by molar-refractivity contribution is -0.120. The van der Waals surface area contributed by atoms with Crippen molar-refractivity contribution in [1.29, 1.82) is 0 Å². The van der Waals surface area contributed by atoms with Gasteiger partial charge in [0.25, 0.3) is 0 Å². The van der Waals surface area contributed by atoms with Gasteiger partial charge < -0.3 is 15.4 Å². The fourth-order valence-electron chi connectivity index (χ4n) is 1.12. The Labute approximate surface area is 92.8 Å². The summed E-state index contributed by atoms with van der Waals surface area (Å²) in [6.07, 6.45) is 3.05. The van der Waals surface area contributed by atoms with E-state index in [0.29, 0.717) is 12.5 Å². The van der Waals surface area contributed by atoms with Crippen LogP contribution in [0, 0.1) is 0 Å². The normalized spacial score (nSPS) is 10.7. The Hall–Kier alpha value is -0.610. The summed E-state index contributed by atoms with van der Waals surface area (Å²) in [5, 5.41) is 5.81. The van der Waals surface area contributed by atoms with Gasteiger partial charge in [-0.15, -0.1) is 0 Å². The average molecular weight is 216 g/mol. The van der Waals surface area contributed by atoms with Gasteiger partial charge in [-0.3, -0.25) is 4.79 Å². The molecule has 4 nitrogen and oxygen atoms in total. The average Bonchev–Trinajstić information content (AvgIpc) is 2.21. The summed E-state index contributed by atoms with van der Waals surface area (Å²) in [7, 11) is 1.66. The number of hydrogen-bond donors (Lipinski definition) is 2. The molecule has 2 N–H and O–H groups in total. The van der Waals surface area contributed by atoms with Gasteiger partial charge in [0.2, 0.25) is 5.91 Å². The highest BCUT2D eigenvalue weighted by molar-refractivity contribution is 5.75. The first kappa shape index (κ1) is 14.4. The molecule has 0 aromatic heterocycles. The van der Waals surface area contributed by atoms with Gasteiger partial charge in [-0.25, -0.2) is 0 Å².